The van der Waals surface area contributed by atoms with Gasteiger partial charge in [-0.25, -0.2) is 4.98 Å². The maximum absolute atomic E-state index is 13.5. The number of amides is 1. The molecule has 6 nitrogen and oxygen atoms in total. The number of imidazole rings is 1. The van der Waals surface area contributed by atoms with E-state index >= 15 is 0 Å². The van der Waals surface area contributed by atoms with Gasteiger partial charge in [-0.2, -0.15) is 0 Å². The first-order valence-electron chi connectivity index (χ1n) is 9.62. The van der Waals surface area contributed by atoms with E-state index in [1.165, 1.54) is 0 Å². The Kier molecular flexibility index (Phi) is 9.70. The Morgan fingerprint density at radius 1 is 1.32 bits per heavy atom. The summed E-state index contributed by atoms with van der Waals surface area (Å²) in [6.07, 6.45) is 0.828. The zero-order chi connectivity index (χ0) is 18.7. The van der Waals surface area contributed by atoms with Gasteiger partial charge >= 0.3 is 0 Å². The summed E-state index contributed by atoms with van der Waals surface area (Å²) in [6.45, 7) is 9.43. The van der Waals surface area contributed by atoms with E-state index in [-0.39, 0.29) is 49.3 Å². The number of nitrogens with one attached hydrogen (secondary N) is 1. The number of carbonyl (C=O) groups excluding carboxylic acids is 1. The van der Waals surface area contributed by atoms with Crippen LogP contribution in [0.25, 0.3) is 11.0 Å². The molecule has 0 radical (unpaired) electrons. The minimum absolute atomic E-state index is 0. The molecular formula is C20H32Cl2N4O2. The van der Waals surface area contributed by atoms with Gasteiger partial charge in [-0.15, -0.1) is 24.8 Å². The zero-order valence-electron chi connectivity index (χ0n) is 16.8. The monoisotopic (exact) mass is 430 g/mol. The van der Waals surface area contributed by atoms with Crippen molar-refractivity contribution in [2.45, 2.75) is 39.8 Å². The van der Waals surface area contributed by atoms with Crippen molar-refractivity contribution in [2.24, 2.45) is 11.8 Å². The molecule has 1 aromatic heterocycles. The normalized spacial score (nSPS) is 19.2. The second-order valence-electron chi connectivity index (χ2n) is 7.62. The fourth-order valence-electron chi connectivity index (χ4n) is 3.86. The minimum Gasteiger partial charge on any atom is -0.396 e. The predicted octanol–water partition coefficient (Wildman–Crippen LogP) is 2.97. The summed E-state index contributed by atoms with van der Waals surface area (Å²) in [5.74, 6) is 1.07. The first-order chi connectivity index (χ1) is 12.5. The summed E-state index contributed by atoms with van der Waals surface area (Å²) in [5.41, 5.74) is 1.86. The number of nitrogens with zero attached hydrogens (tertiary/aromatic N) is 3. The molecule has 0 bridgehead atoms. The highest BCUT2D eigenvalue weighted by molar-refractivity contribution is 5.95. The lowest BCUT2D eigenvalue weighted by Crippen LogP contribution is -2.53. The number of piperidine rings is 1. The lowest BCUT2D eigenvalue weighted by molar-refractivity contribution is 0.0538. The zero-order valence-corrected chi connectivity index (χ0v) is 18.4. The van der Waals surface area contributed by atoms with Crippen molar-refractivity contribution in [1.29, 1.82) is 0 Å². The third kappa shape index (κ3) is 5.17. The number of aliphatic hydroxyl groups is 1. The van der Waals surface area contributed by atoms with E-state index in [0.29, 0.717) is 24.8 Å². The van der Waals surface area contributed by atoms with E-state index in [0.717, 1.165) is 30.5 Å². The molecule has 0 unspecified atom stereocenters. The number of para-hydroxylation sites is 2. The molecule has 3 rings (SSSR count). The molecule has 1 amide bonds. The molecule has 1 aliphatic heterocycles. The van der Waals surface area contributed by atoms with Crippen LogP contribution in [0.3, 0.4) is 0 Å². The number of aromatic nitrogens is 2. The van der Waals surface area contributed by atoms with Gasteiger partial charge in [-0.05, 0) is 37.3 Å². The Morgan fingerprint density at radius 3 is 2.68 bits per heavy atom. The van der Waals surface area contributed by atoms with Gasteiger partial charge in [-0.1, -0.05) is 26.0 Å². The topological polar surface area (TPSA) is 70.4 Å². The van der Waals surface area contributed by atoms with Crippen molar-refractivity contribution in [3.05, 3.63) is 30.1 Å². The number of rotatable bonds is 6. The second kappa shape index (κ2) is 11.0. The molecule has 8 heteroatoms. The van der Waals surface area contributed by atoms with Gasteiger partial charge in [0.15, 0.2) is 5.82 Å². The van der Waals surface area contributed by atoms with Crippen LogP contribution < -0.4 is 5.32 Å². The van der Waals surface area contributed by atoms with Gasteiger partial charge < -0.3 is 19.9 Å². The first kappa shape index (κ1) is 24.7. The molecule has 158 valence electrons. The number of hydrogen-bond donors (Lipinski definition) is 2. The number of aliphatic hydroxyl groups excluding tert-OH is 1. The Morgan fingerprint density at radius 2 is 2.04 bits per heavy atom. The number of benzene rings is 1. The van der Waals surface area contributed by atoms with E-state index in [1.54, 1.807) is 0 Å². The maximum Gasteiger partial charge on any atom is 0.290 e. The highest BCUT2D eigenvalue weighted by Crippen LogP contribution is 2.22. The van der Waals surface area contributed by atoms with E-state index in [1.807, 2.05) is 40.7 Å². The van der Waals surface area contributed by atoms with Gasteiger partial charge in [0.05, 0.1) is 11.0 Å². The lowest BCUT2D eigenvalue weighted by Gasteiger charge is -2.38. The van der Waals surface area contributed by atoms with E-state index < -0.39 is 0 Å². The molecule has 0 saturated carbocycles. The molecule has 2 heterocycles. The van der Waals surface area contributed by atoms with Crippen LogP contribution in [0.2, 0.25) is 0 Å². The van der Waals surface area contributed by atoms with Crippen molar-refractivity contribution in [1.82, 2.24) is 19.8 Å². The van der Waals surface area contributed by atoms with Gasteiger partial charge in [0.1, 0.15) is 0 Å². The van der Waals surface area contributed by atoms with Crippen molar-refractivity contribution in [3.63, 3.8) is 0 Å². The van der Waals surface area contributed by atoms with Crippen molar-refractivity contribution < 1.29 is 9.90 Å². The molecule has 2 aromatic rings. The van der Waals surface area contributed by atoms with Gasteiger partial charge in [0.25, 0.3) is 5.91 Å². The fourth-order valence-corrected chi connectivity index (χ4v) is 3.86. The molecule has 0 aliphatic carbocycles. The lowest BCUT2D eigenvalue weighted by atomic mass is 9.94. The summed E-state index contributed by atoms with van der Waals surface area (Å²) in [6, 6.07) is 7.98. The Bertz CT molecular complexity index is 766. The summed E-state index contributed by atoms with van der Waals surface area (Å²) in [5, 5.41) is 12.9. The Labute approximate surface area is 179 Å². The third-order valence-electron chi connectivity index (χ3n) is 5.10. The van der Waals surface area contributed by atoms with Crippen LogP contribution in [0.4, 0.5) is 0 Å². The van der Waals surface area contributed by atoms with E-state index in [9.17, 15) is 9.90 Å². The predicted molar refractivity (Wildman–Crippen MR) is 118 cm³/mol. The average Bonchev–Trinajstić information content (AvgIpc) is 3.04. The highest BCUT2D eigenvalue weighted by Gasteiger charge is 2.32. The van der Waals surface area contributed by atoms with Crippen molar-refractivity contribution >= 4 is 41.8 Å². The molecule has 1 aliphatic rings. The van der Waals surface area contributed by atoms with Crippen LogP contribution in [0.5, 0.6) is 0 Å². The van der Waals surface area contributed by atoms with Gasteiger partial charge in [0.2, 0.25) is 0 Å². The minimum atomic E-state index is -0.0119. The van der Waals surface area contributed by atoms with Crippen molar-refractivity contribution in [3.8, 4) is 0 Å². The standard InChI is InChI=1S/C20H30N4O2.2ClH/c1-4-23-18-8-6-5-7-17(18)22-19(23)20(26)24(12-14(2)3)16-9-15(13-25)10-21-11-16;;/h5-8,14-16,21,25H,4,9-13H2,1-3H3;2*1H/t15-,16+;;/m1../s1. The molecule has 1 fully saturated rings. The van der Waals surface area contributed by atoms with Gasteiger partial charge in [0, 0.05) is 38.8 Å². The number of hydrogen-bond acceptors (Lipinski definition) is 4. The fraction of sp³-hybridized carbons (Fsp3) is 0.600. The molecular weight excluding hydrogens is 399 g/mol. The average molecular weight is 431 g/mol. The van der Waals surface area contributed by atoms with Crippen molar-refractivity contribution in [2.75, 3.05) is 26.2 Å². The number of carbonyl (C=O) groups is 1. The van der Waals surface area contributed by atoms with Crippen LogP contribution in [-0.4, -0.2) is 57.7 Å². The molecule has 2 N–H and O–H groups in total. The molecule has 1 aromatic carbocycles. The van der Waals surface area contributed by atoms with Crippen LogP contribution in [0, 0.1) is 11.8 Å². The maximum atomic E-state index is 13.5. The van der Waals surface area contributed by atoms with Gasteiger partial charge in [-0.3, -0.25) is 4.79 Å². The quantitative estimate of drug-likeness (QED) is 0.738. The SMILES string of the molecule is CCn1c(C(=O)N(CC(C)C)[C@@H]2CNC[C@H](CO)C2)nc2ccccc21.Cl.Cl. The Hall–Kier alpha value is -1.34. The third-order valence-corrected chi connectivity index (χ3v) is 5.10. The second-order valence-corrected chi connectivity index (χ2v) is 7.62. The van der Waals surface area contributed by atoms with Crippen LogP contribution in [0.1, 0.15) is 37.8 Å². The number of halogens is 2. The number of aryl methyl sites for hydroxylation is 1. The molecule has 2 atom stereocenters. The molecule has 0 spiro atoms. The van der Waals surface area contributed by atoms with Crippen LogP contribution >= 0.6 is 24.8 Å². The highest BCUT2D eigenvalue weighted by atomic mass is 35.5. The molecule has 1 saturated heterocycles. The van der Waals surface area contributed by atoms with Crippen LogP contribution in [-0.2, 0) is 6.54 Å². The summed E-state index contributed by atoms with van der Waals surface area (Å²) in [4.78, 5) is 20.1. The summed E-state index contributed by atoms with van der Waals surface area (Å²) in [7, 11) is 0. The summed E-state index contributed by atoms with van der Waals surface area (Å²) >= 11 is 0. The van der Waals surface area contributed by atoms with E-state index in [2.05, 4.69) is 24.1 Å². The number of fused-ring (bicyclic) bond motifs is 1. The largest absolute Gasteiger partial charge is 0.396 e. The first-order valence-corrected chi connectivity index (χ1v) is 9.62. The van der Waals surface area contributed by atoms with E-state index in [4.69, 9.17) is 0 Å². The van der Waals surface area contributed by atoms with Crippen LogP contribution in [0.15, 0.2) is 24.3 Å². The summed E-state index contributed by atoms with van der Waals surface area (Å²) < 4.78 is 2.00. The Balaban J connectivity index is 0.00000196. The smallest absolute Gasteiger partial charge is 0.290 e. The molecule has 28 heavy (non-hydrogen) atoms.